The number of hydrogen-bond donors (Lipinski definition) is 1. The standard InChI is InChI=1S/C24H32N6O2/c1-17(2)11-14-29-20-21(26-23(29)28-13-7-10-19(25)16-28)27(3)24(32)30(22(20)31)15-12-18-8-5-4-6-9-18/h4-6,8-9,11,19H,7,10,12-16,25H2,1-3H3. The van der Waals surface area contributed by atoms with Crippen molar-refractivity contribution in [1.29, 1.82) is 0 Å². The summed E-state index contributed by atoms with van der Waals surface area (Å²) in [4.78, 5) is 33.6. The summed E-state index contributed by atoms with van der Waals surface area (Å²) in [5, 5.41) is 0. The summed E-state index contributed by atoms with van der Waals surface area (Å²) in [6, 6.07) is 9.96. The van der Waals surface area contributed by atoms with Crippen molar-refractivity contribution in [2.45, 2.75) is 52.2 Å². The van der Waals surface area contributed by atoms with E-state index in [9.17, 15) is 9.59 Å². The molecule has 1 aliphatic rings. The topological polar surface area (TPSA) is 91.1 Å². The van der Waals surface area contributed by atoms with E-state index in [1.807, 2.05) is 48.7 Å². The van der Waals surface area contributed by atoms with Gasteiger partial charge in [0, 0.05) is 39.3 Å². The van der Waals surface area contributed by atoms with E-state index in [-0.39, 0.29) is 17.3 Å². The van der Waals surface area contributed by atoms with Crippen molar-refractivity contribution < 1.29 is 0 Å². The van der Waals surface area contributed by atoms with Crippen molar-refractivity contribution in [3.05, 3.63) is 68.4 Å². The third-order valence-electron chi connectivity index (χ3n) is 6.10. The van der Waals surface area contributed by atoms with Crippen LogP contribution in [0.5, 0.6) is 0 Å². The molecule has 2 aromatic heterocycles. The minimum Gasteiger partial charge on any atom is -0.341 e. The number of anilines is 1. The molecule has 0 saturated carbocycles. The number of hydrogen-bond acceptors (Lipinski definition) is 5. The molecule has 0 amide bonds. The molecule has 3 heterocycles. The molecule has 3 aromatic rings. The van der Waals surface area contributed by atoms with E-state index < -0.39 is 0 Å². The first-order valence-corrected chi connectivity index (χ1v) is 11.2. The number of imidazole rings is 1. The normalized spacial score (nSPS) is 16.5. The van der Waals surface area contributed by atoms with Crippen molar-refractivity contribution in [1.82, 2.24) is 18.7 Å². The van der Waals surface area contributed by atoms with Crippen LogP contribution in [-0.2, 0) is 26.6 Å². The lowest BCUT2D eigenvalue weighted by Gasteiger charge is -2.31. The molecule has 1 atom stereocenters. The van der Waals surface area contributed by atoms with E-state index in [0.29, 0.717) is 43.2 Å². The lowest BCUT2D eigenvalue weighted by molar-refractivity contribution is 0.495. The Morgan fingerprint density at radius 1 is 1.19 bits per heavy atom. The smallest absolute Gasteiger partial charge is 0.332 e. The van der Waals surface area contributed by atoms with E-state index in [0.717, 1.165) is 30.5 Å². The number of rotatable bonds is 6. The van der Waals surface area contributed by atoms with Gasteiger partial charge in [-0.25, -0.2) is 4.79 Å². The van der Waals surface area contributed by atoms with Gasteiger partial charge in [-0.05, 0) is 38.7 Å². The Labute approximate surface area is 187 Å². The fourth-order valence-electron chi connectivity index (χ4n) is 4.32. The summed E-state index contributed by atoms with van der Waals surface area (Å²) < 4.78 is 4.77. The highest BCUT2D eigenvalue weighted by Gasteiger charge is 2.26. The first-order chi connectivity index (χ1) is 15.4. The monoisotopic (exact) mass is 436 g/mol. The van der Waals surface area contributed by atoms with Gasteiger partial charge in [0.1, 0.15) is 0 Å². The number of allylic oxidation sites excluding steroid dienone is 2. The molecule has 8 nitrogen and oxygen atoms in total. The van der Waals surface area contributed by atoms with Crippen molar-refractivity contribution in [3.8, 4) is 0 Å². The maximum Gasteiger partial charge on any atom is 0.332 e. The van der Waals surface area contributed by atoms with E-state index >= 15 is 0 Å². The first-order valence-electron chi connectivity index (χ1n) is 11.2. The fraction of sp³-hybridized carbons (Fsp3) is 0.458. The van der Waals surface area contributed by atoms with Crippen LogP contribution < -0.4 is 21.9 Å². The Morgan fingerprint density at radius 2 is 1.94 bits per heavy atom. The van der Waals surface area contributed by atoms with Gasteiger partial charge in [-0.3, -0.25) is 13.9 Å². The molecule has 1 saturated heterocycles. The predicted molar refractivity (Wildman–Crippen MR) is 128 cm³/mol. The Bertz CT molecular complexity index is 1250. The molecule has 0 radical (unpaired) electrons. The highest BCUT2D eigenvalue weighted by atomic mass is 16.2. The molecule has 32 heavy (non-hydrogen) atoms. The van der Waals surface area contributed by atoms with Gasteiger partial charge in [0.15, 0.2) is 11.2 Å². The number of aromatic nitrogens is 4. The molecule has 170 valence electrons. The molecule has 0 spiro atoms. The van der Waals surface area contributed by atoms with E-state index in [1.165, 1.54) is 9.13 Å². The maximum absolute atomic E-state index is 13.6. The zero-order valence-corrected chi connectivity index (χ0v) is 19.1. The SMILES string of the molecule is CC(C)=CCn1c(N2CCCC(N)C2)nc2c1c(=O)n(CCc1ccccc1)c(=O)n2C. The summed E-state index contributed by atoms with van der Waals surface area (Å²) >= 11 is 0. The molecule has 1 fully saturated rings. The van der Waals surface area contributed by atoms with Gasteiger partial charge in [0.2, 0.25) is 5.95 Å². The van der Waals surface area contributed by atoms with Gasteiger partial charge >= 0.3 is 5.69 Å². The van der Waals surface area contributed by atoms with Crippen molar-refractivity contribution >= 4 is 17.1 Å². The maximum atomic E-state index is 13.6. The number of nitrogens with zero attached hydrogens (tertiary/aromatic N) is 5. The molecule has 2 N–H and O–H groups in total. The summed E-state index contributed by atoms with van der Waals surface area (Å²) in [5.41, 5.74) is 8.72. The average molecular weight is 437 g/mol. The Morgan fingerprint density at radius 3 is 2.62 bits per heavy atom. The van der Waals surface area contributed by atoms with Crippen LogP contribution in [0, 0.1) is 0 Å². The van der Waals surface area contributed by atoms with Gasteiger partial charge in [-0.2, -0.15) is 4.98 Å². The number of fused-ring (bicyclic) bond motifs is 1. The zero-order chi connectivity index (χ0) is 22.8. The molecule has 0 aliphatic carbocycles. The number of nitrogens with two attached hydrogens (primary N) is 1. The molecular formula is C24H32N6O2. The van der Waals surface area contributed by atoms with Crippen LogP contribution in [0.15, 0.2) is 51.6 Å². The molecule has 1 aliphatic heterocycles. The lowest BCUT2D eigenvalue weighted by Crippen LogP contribution is -2.44. The van der Waals surface area contributed by atoms with Gasteiger partial charge < -0.3 is 15.2 Å². The lowest BCUT2D eigenvalue weighted by atomic mass is 10.1. The molecular weight excluding hydrogens is 404 g/mol. The first kappa shape index (κ1) is 22.1. The van der Waals surface area contributed by atoms with Crippen LogP contribution >= 0.6 is 0 Å². The van der Waals surface area contributed by atoms with Crippen molar-refractivity contribution in [2.24, 2.45) is 12.8 Å². The minimum atomic E-state index is -0.341. The van der Waals surface area contributed by atoms with Gasteiger partial charge in [-0.15, -0.1) is 0 Å². The van der Waals surface area contributed by atoms with Crippen molar-refractivity contribution in [3.63, 3.8) is 0 Å². The Hall–Kier alpha value is -3.13. The largest absolute Gasteiger partial charge is 0.341 e. The molecule has 1 unspecified atom stereocenters. The van der Waals surface area contributed by atoms with Crippen LogP contribution in [0.25, 0.3) is 11.2 Å². The van der Waals surface area contributed by atoms with Crippen LogP contribution in [0.2, 0.25) is 0 Å². The van der Waals surface area contributed by atoms with Crippen LogP contribution in [0.3, 0.4) is 0 Å². The minimum absolute atomic E-state index is 0.0758. The van der Waals surface area contributed by atoms with Crippen molar-refractivity contribution in [2.75, 3.05) is 18.0 Å². The fourth-order valence-corrected chi connectivity index (χ4v) is 4.32. The van der Waals surface area contributed by atoms with E-state index in [4.69, 9.17) is 10.7 Å². The molecule has 0 bridgehead atoms. The summed E-state index contributed by atoms with van der Waals surface area (Å²) in [7, 11) is 1.69. The zero-order valence-electron chi connectivity index (χ0n) is 19.1. The molecule has 4 rings (SSSR count). The summed E-state index contributed by atoms with van der Waals surface area (Å²) in [6.07, 6.45) is 4.65. The highest BCUT2D eigenvalue weighted by molar-refractivity contribution is 5.74. The Kier molecular flexibility index (Phi) is 6.32. The second kappa shape index (κ2) is 9.16. The van der Waals surface area contributed by atoms with E-state index in [1.54, 1.807) is 7.05 Å². The highest BCUT2D eigenvalue weighted by Crippen LogP contribution is 2.23. The third-order valence-corrected chi connectivity index (χ3v) is 6.10. The van der Waals surface area contributed by atoms with Crippen LogP contribution in [0.4, 0.5) is 5.95 Å². The van der Waals surface area contributed by atoms with Gasteiger partial charge in [0.05, 0.1) is 0 Å². The van der Waals surface area contributed by atoms with Gasteiger partial charge in [0.25, 0.3) is 5.56 Å². The average Bonchev–Trinajstić information content (AvgIpc) is 3.17. The van der Waals surface area contributed by atoms with Crippen LogP contribution in [0.1, 0.15) is 32.3 Å². The second-order valence-electron chi connectivity index (χ2n) is 8.86. The predicted octanol–water partition coefficient (Wildman–Crippen LogP) is 2.03. The molecule has 1 aromatic carbocycles. The Balaban J connectivity index is 1.85. The van der Waals surface area contributed by atoms with Gasteiger partial charge in [-0.1, -0.05) is 42.0 Å². The number of aryl methyl sites for hydroxylation is 2. The third kappa shape index (κ3) is 4.27. The second-order valence-corrected chi connectivity index (χ2v) is 8.86. The van der Waals surface area contributed by atoms with E-state index in [2.05, 4.69) is 11.0 Å². The summed E-state index contributed by atoms with van der Waals surface area (Å²) in [5.74, 6) is 0.709. The quantitative estimate of drug-likeness (QED) is 0.597. The number of benzene rings is 1. The number of piperidine rings is 1. The van der Waals surface area contributed by atoms with Crippen LogP contribution in [-0.4, -0.2) is 37.8 Å². The summed E-state index contributed by atoms with van der Waals surface area (Å²) in [6.45, 7) is 6.43. The molecule has 8 heteroatoms.